The van der Waals surface area contributed by atoms with Gasteiger partial charge in [-0.1, -0.05) is 52.3 Å². The molecule has 3 nitrogen and oxygen atoms in total. The number of aliphatic carboxylic acids is 1. The molecule has 0 bridgehead atoms. The number of carboxylic acid groups (broad SMARTS) is 1. The van der Waals surface area contributed by atoms with Crippen LogP contribution in [0.1, 0.15) is 27.8 Å². The third-order valence-electron chi connectivity index (χ3n) is 5.53. The predicted octanol–water partition coefficient (Wildman–Crippen LogP) is 5.57. The number of hydrogen-bond acceptors (Lipinski definition) is 2. The molecule has 0 radical (unpaired) electrons. The molecule has 4 rings (SSSR count). The second-order valence-corrected chi connectivity index (χ2v) is 7.98. The van der Waals surface area contributed by atoms with Gasteiger partial charge in [-0.25, -0.2) is 0 Å². The van der Waals surface area contributed by atoms with Gasteiger partial charge in [-0.05, 0) is 54.8 Å². The lowest BCUT2D eigenvalue weighted by molar-refractivity contribution is -0.140. The summed E-state index contributed by atoms with van der Waals surface area (Å²) >= 11 is 3.54. The fourth-order valence-electron chi connectivity index (χ4n) is 4.55. The number of carboxylic acids is 1. The van der Waals surface area contributed by atoms with Gasteiger partial charge in [-0.2, -0.15) is 0 Å². The Morgan fingerprint density at radius 3 is 1.81 bits per heavy atom. The molecule has 3 aromatic rings. The molecule has 0 aromatic heterocycles. The highest BCUT2D eigenvalue weighted by atomic mass is 79.9. The lowest BCUT2D eigenvalue weighted by Crippen LogP contribution is -2.44. The number of para-hydroxylation sites is 2. The van der Waals surface area contributed by atoms with E-state index in [0.29, 0.717) is 0 Å². The average Bonchev–Trinajstić information content (AvgIpc) is 2.63. The van der Waals surface area contributed by atoms with E-state index in [0.717, 1.165) is 43.7 Å². The molecule has 4 heteroatoms. The maximum absolute atomic E-state index is 13.1. The van der Waals surface area contributed by atoms with Crippen LogP contribution in [0.4, 0.5) is 11.4 Å². The summed E-state index contributed by atoms with van der Waals surface area (Å²) in [5.74, 6) is -0.857. The topological polar surface area (TPSA) is 40.5 Å². The van der Waals surface area contributed by atoms with Crippen LogP contribution in [-0.2, 0) is 10.2 Å². The lowest BCUT2D eigenvalue weighted by Gasteiger charge is -2.43. The zero-order chi connectivity index (χ0) is 19.3. The van der Waals surface area contributed by atoms with Gasteiger partial charge in [-0.3, -0.25) is 4.79 Å². The van der Waals surface area contributed by atoms with Crippen LogP contribution in [0.3, 0.4) is 0 Å². The fraction of sp³-hybridized carbons (Fsp3) is 0.174. The van der Waals surface area contributed by atoms with Gasteiger partial charge in [0.15, 0.2) is 0 Å². The van der Waals surface area contributed by atoms with Crippen LogP contribution in [-0.4, -0.2) is 18.1 Å². The zero-order valence-corrected chi connectivity index (χ0v) is 17.0. The highest BCUT2D eigenvalue weighted by molar-refractivity contribution is 9.10. The van der Waals surface area contributed by atoms with Gasteiger partial charge in [0.05, 0.1) is 0 Å². The van der Waals surface area contributed by atoms with E-state index in [1.165, 1.54) is 0 Å². The quantitative estimate of drug-likeness (QED) is 0.587. The van der Waals surface area contributed by atoms with E-state index in [1.54, 1.807) is 0 Å². The molecule has 0 amide bonds. The van der Waals surface area contributed by atoms with Crippen molar-refractivity contribution < 1.29 is 9.90 Å². The highest BCUT2D eigenvalue weighted by Gasteiger charge is 2.51. The molecule has 3 aromatic carbocycles. The molecular formula is C23H20BrNO2. The molecule has 0 fully saturated rings. The Morgan fingerprint density at radius 1 is 0.926 bits per heavy atom. The molecular weight excluding hydrogens is 402 g/mol. The Balaban J connectivity index is 2.23. The van der Waals surface area contributed by atoms with Crippen molar-refractivity contribution in [3.05, 3.63) is 93.0 Å². The molecule has 1 N–H and O–H groups in total. The van der Waals surface area contributed by atoms with Crippen molar-refractivity contribution in [3.8, 4) is 0 Å². The summed E-state index contributed by atoms with van der Waals surface area (Å²) in [5, 5.41) is 10.7. The van der Waals surface area contributed by atoms with E-state index >= 15 is 0 Å². The van der Waals surface area contributed by atoms with Crippen LogP contribution < -0.4 is 4.90 Å². The van der Waals surface area contributed by atoms with E-state index in [2.05, 4.69) is 20.8 Å². The molecule has 0 saturated heterocycles. The maximum atomic E-state index is 13.1. The zero-order valence-electron chi connectivity index (χ0n) is 15.5. The summed E-state index contributed by atoms with van der Waals surface area (Å²) < 4.78 is 0.955. The number of benzene rings is 3. The van der Waals surface area contributed by atoms with E-state index in [-0.39, 0.29) is 0 Å². The van der Waals surface area contributed by atoms with Crippen molar-refractivity contribution in [1.82, 2.24) is 0 Å². The minimum absolute atomic E-state index is 0.798. The van der Waals surface area contributed by atoms with Crippen molar-refractivity contribution in [2.75, 3.05) is 11.9 Å². The summed E-state index contributed by atoms with van der Waals surface area (Å²) in [7, 11) is 1.99. The van der Waals surface area contributed by atoms with Crippen LogP contribution in [0.5, 0.6) is 0 Å². The second kappa shape index (κ2) is 6.24. The monoisotopic (exact) mass is 421 g/mol. The SMILES string of the molecule is Cc1cc(Br)cc(C)c1C1(C(=O)O)c2ccccc2N(C)c2ccccc21. The number of hydrogen-bond donors (Lipinski definition) is 1. The van der Waals surface area contributed by atoms with E-state index < -0.39 is 11.4 Å². The summed E-state index contributed by atoms with van der Waals surface area (Å²) in [5.41, 5.74) is 4.93. The number of fused-ring (bicyclic) bond motifs is 2. The Bertz CT molecular complexity index is 1000. The molecule has 0 aliphatic carbocycles. The molecule has 1 aliphatic rings. The third-order valence-corrected chi connectivity index (χ3v) is 5.99. The summed E-state index contributed by atoms with van der Waals surface area (Å²) in [4.78, 5) is 15.1. The molecule has 0 spiro atoms. The van der Waals surface area contributed by atoms with Crippen LogP contribution >= 0.6 is 15.9 Å². The number of aryl methyl sites for hydroxylation is 2. The van der Waals surface area contributed by atoms with Crippen molar-refractivity contribution in [1.29, 1.82) is 0 Å². The highest BCUT2D eigenvalue weighted by Crippen LogP contribution is 2.53. The molecule has 1 heterocycles. The van der Waals surface area contributed by atoms with Crippen molar-refractivity contribution in [2.45, 2.75) is 19.3 Å². The smallest absolute Gasteiger partial charge is 0.323 e. The van der Waals surface area contributed by atoms with Gasteiger partial charge in [-0.15, -0.1) is 0 Å². The van der Waals surface area contributed by atoms with Gasteiger partial charge >= 0.3 is 5.97 Å². The van der Waals surface area contributed by atoms with Crippen LogP contribution in [0.15, 0.2) is 65.1 Å². The largest absolute Gasteiger partial charge is 0.480 e. The first-order valence-corrected chi connectivity index (χ1v) is 9.61. The van der Waals surface area contributed by atoms with Crippen LogP contribution in [0.25, 0.3) is 0 Å². The van der Waals surface area contributed by atoms with Crippen molar-refractivity contribution in [2.24, 2.45) is 0 Å². The van der Waals surface area contributed by atoms with Gasteiger partial charge in [0.1, 0.15) is 5.41 Å². The Labute approximate surface area is 167 Å². The molecule has 0 unspecified atom stereocenters. The van der Waals surface area contributed by atoms with E-state index in [4.69, 9.17) is 0 Å². The van der Waals surface area contributed by atoms with Gasteiger partial charge < -0.3 is 10.0 Å². The molecule has 0 saturated carbocycles. The normalized spacial score (nSPS) is 14.4. The van der Waals surface area contributed by atoms with Gasteiger partial charge in [0, 0.05) is 34.0 Å². The Morgan fingerprint density at radius 2 is 1.37 bits per heavy atom. The first-order valence-electron chi connectivity index (χ1n) is 8.82. The van der Waals surface area contributed by atoms with E-state index in [9.17, 15) is 9.90 Å². The van der Waals surface area contributed by atoms with Crippen LogP contribution in [0.2, 0.25) is 0 Å². The Hall–Kier alpha value is -2.59. The molecule has 1 aliphatic heterocycles. The molecule has 27 heavy (non-hydrogen) atoms. The summed E-state index contributed by atoms with van der Waals surface area (Å²) in [6.07, 6.45) is 0. The lowest BCUT2D eigenvalue weighted by atomic mass is 9.64. The molecule has 0 atom stereocenters. The number of carbonyl (C=O) groups is 1. The maximum Gasteiger partial charge on any atom is 0.323 e. The number of halogens is 1. The second-order valence-electron chi connectivity index (χ2n) is 7.06. The predicted molar refractivity (Wildman–Crippen MR) is 112 cm³/mol. The van der Waals surface area contributed by atoms with E-state index in [1.807, 2.05) is 81.6 Å². The summed E-state index contributed by atoms with van der Waals surface area (Å²) in [6.45, 7) is 3.97. The van der Waals surface area contributed by atoms with Gasteiger partial charge in [0.25, 0.3) is 0 Å². The minimum atomic E-state index is -1.26. The first kappa shape index (κ1) is 17.8. The Kier molecular flexibility index (Phi) is 4.11. The number of rotatable bonds is 2. The number of anilines is 2. The standard InChI is InChI=1S/C23H20BrNO2/c1-14-12-16(24)13-15(2)21(14)23(22(26)27)17-8-4-6-10-19(17)25(3)20-11-7-5-9-18(20)23/h4-13H,1-3H3,(H,26,27). The van der Waals surface area contributed by atoms with Crippen LogP contribution in [0, 0.1) is 13.8 Å². The number of nitrogens with zero attached hydrogens (tertiary/aromatic N) is 1. The fourth-order valence-corrected chi connectivity index (χ4v) is 5.24. The first-order chi connectivity index (χ1) is 12.9. The van der Waals surface area contributed by atoms with Crippen molar-refractivity contribution >= 4 is 33.3 Å². The van der Waals surface area contributed by atoms with Gasteiger partial charge in [0.2, 0.25) is 0 Å². The summed E-state index contributed by atoms with van der Waals surface area (Å²) in [6, 6.07) is 19.6. The average molecular weight is 422 g/mol. The third kappa shape index (κ3) is 2.36. The van der Waals surface area contributed by atoms with Crippen molar-refractivity contribution in [3.63, 3.8) is 0 Å². The minimum Gasteiger partial charge on any atom is -0.480 e. The molecule has 136 valence electrons.